The molecule has 0 radical (unpaired) electrons. The van der Waals surface area contributed by atoms with Crippen LogP contribution in [0.15, 0.2) is 53.4 Å². The van der Waals surface area contributed by atoms with Gasteiger partial charge in [0.2, 0.25) is 5.91 Å². The van der Waals surface area contributed by atoms with E-state index in [1.807, 2.05) is 0 Å². The normalized spacial score (nSPS) is 12.8. The second kappa shape index (κ2) is 9.85. The monoisotopic (exact) mass is 402 g/mol. The fourth-order valence-corrected chi connectivity index (χ4v) is 4.05. The van der Waals surface area contributed by atoms with Crippen molar-refractivity contribution in [3.05, 3.63) is 59.7 Å². The average molecular weight is 403 g/mol. The summed E-state index contributed by atoms with van der Waals surface area (Å²) in [4.78, 5) is 12.5. The predicted molar refractivity (Wildman–Crippen MR) is 114 cm³/mol. The molecule has 6 heteroatoms. The highest BCUT2D eigenvalue weighted by atomic mass is 32.2. The number of hydrogen-bond donors (Lipinski definition) is 2. The highest BCUT2D eigenvalue weighted by molar-refractivity contribution is 7.90. The van der Waals surface area contributed by atoms with Crippen LogP contribution in [0.5, 0.6) is 0 Å². The van der Waals surface area contributed by atoms with Crippen LogP contribution in [-0.2, 0) is 21.1 Å². The highest BCUT2D eigenvalue weighted by Gasteiger charge is 2.18. The second-order valence-corrected chi connectivity index (χ2v) is 9.39. The van der Waals surface area contributed by atoms with Crippen molar-refractivity contribution in [1.82, 2.24) is 5.32 Å². The Balaban J connectivity index is 2.05. The zero-order valence-electron chi connectivity index (χ0n) is 17.0. The van der Waals surface area contributed by atoms with Crippen molar-refractivity contribution in [2.75, 3.05) is 18.1 Å². The lowest BCUT2D eigenvalue weighted by molar-refractivity contribution is -0.115. The molecular formula is C22H30N2O3S. The number of rotatable bonds is 9. The smallest absolute Gasteiger partial charge is 0.238 e. The summed E-state index contributed by atoms with van der Waals surface area (Å²) in [6, 6.07) is 15.0. The third-order valence-electron chi connectivity index (χ3n) is 4.59. The van der Waals surface area contributed by atoms with Gasteiger partial charge in [-0.2, -0.15) is 0 Å². The molecule has 0 spiro atoms. The Bertz CT molecular complexity index is 890. The molecule has 28 heavy (non-hydrogen) atoms. The standard InChI is InChI=1S/C22H30N2O3S/c1-5-8-17-11-13-18(14-12-17)22(16(2)3)23-15-21(25)24-19-9-6-7-10-20(19)28(4,26)27/h6-7,9-14,16,22-23H,5,8,15H2,1-4H3,(H,24,25)/t22-/m0/s1. The van der Waals surface area contributed by atoms with Crippen LogP contribution in [0, 0.1) is 5.92 Å². The fourth-order valence-electron chi connectivity index (χ4n) is 3.21. The molecule has 0 unspecified atom stereocenters. The van der Waals surface area contributed by atoms with Gasteiger partial charge >= 0.3 is 0 Å². The molecule has 1 atom stereocenters. The second-order valence-electron chi connectivity index (χ2n) is 7.41. The minimum absolute atomic E-state index is 0.0339. The minimum Gasteiger partial charge on any atom is -0.324 e. The van der Waals surface area contributed by atoms with Gasteiger partial charge in [-0.05, 0) is 35.6 Å². The molecular weight excluding hydrogens is 372 g/mol. The molecule has 0 bridgehead atoms. The number of nitrogens with one attached hydrogen (secondary N) is 2. The van der Waals surface area contributed by atoms with E-state index < -0.39 is 9.84 Å². The van der Waals surface area contributed by atoms with Crippen molar-refractivity contribution in [3.8, 4) is 0 Å². The summed E-state index contributed by atoms with van der Waals surface area (Å²) in [6.45, 7) is 6.47. The molecule has 0 heterocycles. The average Bonchev–Trinajstić information content (AvgIpc) is 2.63. The summed E-state index contributed by atoms with van der Waals surface area (Å²) in [5.74, 6) is 0.0254. The Morgan fingerprint density at radius 1 is 1.04 bits per heavy atom. The van der Waals surface area contributed by atoms with E-state index in [1.165, 1.54) is 11.6 Å². The maximum absolute atomic E-state index is 12.4. The number of benzene rings is 2. The summed E-state index contributed by atoms with van der Waals surface area (Å²) >= 11 is 0. The number of anilines is 1. The quantitative estimate of drug-likeness (QED) is 0.665. The van der Waals surface area contributed by atoms with Gasteiger partial charge in [0.25, 0.3) is 0 Å². The van der Waals surface area contributed by atoms with Crippen LogP contribution in [0.2, 0.25) is 0 Å². The Hall–Kier alpha value is -2.18. The lowest BCUT2D eigenvalue weighted by Gasteiger charge is -2.23. The number of carbonyl (C=O) groups is 1. The van der Waals surface area contributed by atoms with E-state index in [0.717, 1.165) is 24.7 Å². The van der Waals surface area contributed by atoms with E-state index >= 15 is 0 Å². The fraction of sp³-hybridized carbons (Fsp3) is 0.409. The van der Waals surface area contributed by atoms with Gasteiger partial charge in [-0.3, -0.25) is 4.79 Å². The molecule has 5 nitrogen and oxygen atoms in total. The van der Waals surface area contributed by atoms with Crippen LogP contribution in [-0.4, -0.2) is 27.1 Å². The zero-order valence-corrected chi connectivity index (χ0v) is 17.8. The Labute approximate surface area is 168 Å². The van der Waals surface area contributed by atoms with Crippen LogP contribution < -0.4 is 10.6 Å². The van der Waals surface area contributed by atoms with E-state index in [2.05, 4.69) is 55.7 Å². The molecule has 152 valence electrons. The lowest BCUT2D eigenvalue weighted by atomic mass is 9.94. The third-order valence-corrected chi connectivity index (χ3v) is 5.74. The van der Waals surface area contributed by atoms with Crippen molar-refractivity contribution in [3.63, 3.8) is 0 Å². The van der Waals surface area contributed by atoms with Crippen molar-refractivity contribution < 1.29 is 13.2 Å². The van der Waals surface area contributed by atoms with Crippen LogP contribution in [0.1, 0.15) is 44.4 Å². The van der Waals surface area contributed by atoms with Crippen LogP contribution in [0.25, 0.3) is 0 Å². The molecule has 2 aromatic carbocycles. The number of para-hydroxylation sites is 1. The lowest BCUT2D eigenvalue weighted by Crippen LogP contribution is -2.33. The van der Waals surface area contributed by atoms with Gasteiger partial charge in [0.05, 0.1) is 17.1 Å². The summed E-state index contributed by atoms with van der Waals surface area (Å²) in [7, 11) is -3.41. The number of carbonyl (C=O) groups excluding carboxylic acids is 1. The molecule has 0 aliphatic carbocycles. The maximum atomic E-state index is 12.4. The van der Waals surface area contributed by atoms with Gasteiger partial charge in [0, 0.05) is 12.3 Å². The van der Waals surface area contributed by atoms with Gasteiger partial charge in [0.15, 0.2) is 9.84 Å². The Morgan fingerprint density at radius 3 is 2.25 bits per heavy atom. The van der Waals surface area contributed by atoms with E-state index in [1.54, 1.807) is 18.2 Å². The van der Waals surface area contributed by atoms with Crippen LogP contribution in [0.3, 0.4) is 0 Å². The van der Waals surface area contributed by atoms with Crippen LogP contribution in [0.4, 0.5) is 5.69 Å². The molecule has 2 aromatic rings. The minimum atomic E-state index is -3.41. The molecule has 1 amide bonds. The first-order valence-corrected chi connectivity index (χ1v) is 11.5. The van der Waals surface area contributed by atoms with E-state index in [4.69, 9.17) is 0 Å². The Morgan fingerprint density at radius 2 is 1.68 bits per heavy atom. The number of aryl methyl sites for hydroxylation is 1. The first-order chi connectivity index (χ1) is 13.2. The molecule has 0 saturated heterocycles. The van der Waals surface area contributed by atoms with Crippen molar-refractivity contribution >= 4 is 21.4 Å². The maximum Gasteiger partial charge on any atom is 0.238 e. The summed E-state index contributed by atoms with van der Waals surface area (Å²) in [6.07, 6.45) is 3.30. The molecule has 0 aliphatic heterocycles. The summed E-state index contributed by atoms with van der Waals surface area (Å²) in [5.41, 5.74) is 2.75. The van der Waals surface area contributed by atoms with Crippen LogP contribution >= 0.6 is 0 Å². The summed E-state index contributed by atoms with van der Waals surface area (Å²) in [5, 5.41) is 6.01. The van der Waals surface area contributed by atoms with Gasteiger partial charge in [-0.25, -0.2) is 8.42 Å². The third kappa shape index (κ3) is 6.17. The molecule has 0 fully saturated rings. The molecule has 2 N–H and O–H groups in total. The molecule has 2 rings (SSSR count). The topological polar surface area (TPSA) is 75.3 Å². The van der Waals surface area contributed by atoms with E-state index in [0.29, 0.717) is 11.6 Å². The number of hydrogen-bond acceptors (Lipinski definition) is 4. The number of amides is 1. The molecule has 0 aliphatic rings. The first-order valence-electron chi connectivity index (χ1n) is 9.63. The van der Waals surface area contributed by atoms with Gasteiger partial charge in [0.1, 0.15) is 0 Å². The number of sulfone groups is 1. The van der Waals surface area contributed by atoms with Crippen molar-refractivity contribution in [2.45, 2.75) is 44.6 Å². The van der Waals surface area contributed by atoms with E-state index in [9.17, 15) is 13.2 Å². The first kappa shape index (κ1) is 22.1. The zero-order chi connectivity index (χ0) is 20.7. The Kier molecular flexibility index (Phi) is 7.78. The van der Waals surface area contributed by atoms with Crippen molar-refractivity contribution in [2.24, 2.45) is 5.92 Å². The van der Waals surface area contributed by atoms with Gasteiger partial charge in [-0.1, -0.05) is 63.6 Å². The summed E-state index contributed by atoms with van der Waals surface area (Å²) < 4.78 is 23.8. The predicted octanol–water partition coefficient (Wildman–Crippen LogP) is 3.97. The SMILES string of the molecule is CCCc1ccc([C@@H](NCC(=O)Nc2ccccc2S(C)(=O)=O)C(C)C)cc1. The molecule has 0 aromatic heterocycles. The molecule has 0 saturated carbocycles. The van der Waals surface area contributed by atoms with Gasteiger partial charge < -0.3 is 10.6 Å². The highest BCUT2D eigenvalue weighted by Crippen LogP contribution is 2.23. The van der Waals surface area contributed by atoms with Crippen molar-refractivity contribution in [1.29, 1.82) is 0 Å². The van der Waals surface area contributed by atoms with E-state index in [-0.39, 0.29) is 23.4 Å². The van der Waals surface area contributed by atoms with Gasteiger partial charge in [-0.15, -0.1) is 0 Å². The largest absolute Gasteiger partial charge is 0.324 e.